The number of rotatable bonds is 1. The van der Waals surface area contributed by atoms with Crippen molar-refractivity contribution in [2.75, 3.05) is 11.5 Å². The second-order valence-corrected chi connectivity index (χ2v) is 6.93. The molecule has 0 radical (unpaired) electrons. The average molecular weight is 280 g/mol. The summed E-state index contributed by atoms with van der Waals surface area (Å²) < 4.78 is 14.5. The summed E-state index contributed by atoms with van der Waals surface area (Å²) in [5.41, 5.74) is 3.55. The van der Waals surface area contributed by atoms with Crippen molar-refractivity contribution in [1.82, 2.24) is 9.55 Å². The second-order valence-electron chi connectivity index (χ2n) is 4.85. The van der Waals surface area contributed by atoms with E-state index in [1.54, 1.807) is 0 Å². The van der Waals surface area contributed by atoms with Crippen LogP contribution in [0.3, 0.4) is 0 Å². The van der Waals surface area contributed by atoms with Crippen LogP contribution >= 0.6 is 12.2 Å². The Morgan fingerprint density at radius 3 is 2.83 bits per heavy atom. The highest BCUT2D eigenvalue weighted by atomic mass is 32.2. The first-order valence-electron chi connectivity index (χ1n) is 6.21. The van der Waals surface area contributed by atoms with Gasteiger partial charge in [-0.25, -0.2) is 0 Å². The Balaban J connectivity index is 2.14. The summed E-state index contributed by atoms with van der Waals surface area (Å²) in [5, 5.41) is 0. The zero-order valence-electron chi connectivity index (χ0n) is 10.3. The van der Waals surface area contributed by atoms with Gasteiger partial charge in [0.05, 0.1) is 11.0 Å². The molecule has 1 saturated heterocycles. The maximum atomic E-state index is 11.5. The minimum atomic E-state index is -0.626. The Bertz CT molecular complexity index is 661. The van der Waals surface area contributed by atoms with Crippen molar-refractivity contribution in [1.29, 1.82) is 0 Å². The molecule has 5 heteroatoms. The number of hydrogen-bond acceptors (Lipinski definition) is 2. The molecule has 0 spiro atoms. The second kappa shape index (κ2) is 4.63. The van der Waals surface area contributed by atoms with Crippen molar-refractivity contribution in [3.63, 3.8) is 0 Å². The zero-order valence-corrected chi connectivity index (χ0v) is 11.9. The van der Waals surface area contributed by atoms with Crippen LogP contribution in [0.2, 0.25) is 0 Å². The highest BCUT2D eigenvalue weighted by molar-refractivity contribution is 7.85. The lowest BCUT2D eigenvalue weighted by molar-refractivity contribution is 0.468. The molecule has 1 aliphatic rings. The lowest BCUT2D eigenvalue weighted by Gasteiger charge is -2.23. The van der Waals surface area contributed by atoms with Gasteiger partial charge in [-0.05, 0) is 43.6 Å². The molecule has 0 bridgehead atoms. The molecule has 3 rings (SSSR count). The van der Waals surface area contributed by atoms with E-state index in [1.165, 1.54) is 11.1 Å². The number of aromatic nitrogens is 2. The Morgan fingerprint density at radius 1 is 1.39 bits per heavy atom. The van der Waals surface area contributed by atoms with Gasteiger partial charge in [0.25, 0.3) is 0 Å². The van der Waals surface area contributed by atoms with E-state index in [-0.39, 0.29) is 0 Å². The van der Waals surface area contributed by atoms with Gasteiger partial charge in [-0.2, -0.15) is 0 Å². The normalized spacial score (nSPS) is 24.5. The highest BCUT2D eigenvalue weighted by Crippen LogP contribution is 2.28. The van der Waals surface area contributed by atoms with Crippen molar-refractivity contribution in [3.05, 3.63) is 28.5 Å². The van der Waals surface area contributed by atoms with Crippen LogP contribution in [0.5, 0.6) is 0 Å². The summed E-state index contributed by atoms with van der Waals surface area (Å²) in [7, 11) is -0.626. The number of aryl methyl sites for hydroxylation is 1. The third-order valence-corrected chi connectivity index (χ3v) is 5.34. The molecule has 1 fully saturated rings. The molecule has 2 aromatic rings. The first kappa shape index (κ1) is 12.1. The first-order valence-corrected chi connectivity index (χ1v) is 8.11. The van der Waals surface area contributed by atoms with Gasteiger partial charge in [0.1, 0.15) is 0 Å². The molecule has 1 aromatic carbocycles. The van der Waals surface area contributed by atoms with E-state index in [9.17, 15) is 4.21 Å². The van der Waals surface area contributed by atoms with Crippen molar-refractivity contribution in [2.45, 2.75) is 25.8 Å². The fraction of sp³-hybridized carbons (Fsp3) is 0.462. The molecule has 1 aromatic heterocycles. The molecule has 0 aliphatic carbocycles. The molecule has 0 saturated carbocycles. The summed E-state index contributed by atoms with van der Waals surface area (Å²) in [6.07, 6.45) is 1.92. The van der Waals surface area contributed by atoms with E-state index in [4.69, 9.17) is 12.2 Å². The third-order valence-electron chi connectivity index (χ3n) is 3.66. The number of imidazole rings is 1. The van der Waals surface area contributed by atoms with Crippen LogP contribution in [-0.2, 0) is 10.8 Å². The molecule has 0 amide bonds. The van der Waals surface area contributed by atoms with Crippen LogP contribution < -0.4 is 0 Å². The van der Waals surface area contributed by atoms with Crippen LogP contribution in [-0.4, -0.2) is 25.3 Å². The summed E-state index contributed by atoms with van der Waals surface area (Å²) in [6, 6.07) is 6.62. The van der Waals surface area contributed by atoms with E-state index >= 15 is 0 Å². The van der Waals surface area contributed by atoms with Gasteiger partial charge in [0, 0.05) is 28.3 Å². The molecular formula is C13H16N2OS2. The molecule has 2 heterocycles. The number of nitrogens with zero attached hydrogens (tertiary/aromatic N) is 1. The van der Waals surface area contributed by atoms with Crippen molar-refractivity contribution < 1.29 is 4.21 Å². The van der Waals surface area contributed by atoms with Crippen LogP contribution in [0.1, 0.15) is 24.4 Å². The number of hydrogen-bond donors (Lipinski definition) is 1. The maximum Gasteiger partial charge on any atom is 0.178 e. The lowest BCUT2D eigenvalue weighted by Crippen LogP contribution is -2.21. The summed E-state index contributed by atoms with van der Waals surface area (Å²) >= 11 is 5.45. The monoisotopic (exact) mass is 280 g/mol. The quantitative estimate of drug-likeness (QED) is 0.815. The lowest BCUT2D eigenvalue weighted by atomic mass is 10.1. The number of H-pyrrole nitrogens is 1. The number of benzene rings is 1. The fourth-order valence-electron chi connectivity index (χ4n) is 2.74. The number of aromatic amines is 1. The molecule has 1 N–H and O–H groups in total. The average Bonchev–Trinajstić information content (AvgIpc) is 2.68. The third kappa shape index (κ3) is 1.95. The van der Waals surface area contributed by atoms with Gasteiger partial charge in [-0.1, -0.05) is 12.1 Å². The Kier molecular flexibility index (Phi) is 3.11. The van der Waals surface area contributed by atoms with E-state index in [2.05, 4.69) is 28.6 Å². The van der Waals surface area contributed by atoms with Gasteiger partial charge in [0.15, 0.2) is 4.77 Å². The fourth-order valence-corrected chi connectivity index (χ4v) is 4.37. The Labute approximate surface area is 114 Å². The van der Waals surface area contributed by atoms with E-state index in [1.807, 2.05) is 6.07 Å². The largest absolute Gasteiger partial charge is 0.331 e. The molecule has 0 atom stereocenters. The number of para-hydroxylation sites is 1. The van der Waals surface area contributed by atoms with Crippen molar-refractivity contribution >= 4 is 34.1 Å². The zero-order chi connectivity index (χ0) is 12.7. The number of nitrogens with one attached hydrogen (secondary N) is 1. The Morgan fingerprint density at radius 2 is 2.11 bits per heavy atom. The van der Waals surface area contributed by atoms with Crippen LogP contribution in [0.4, 0.5) is 0 Å². The van der Waals surface area contributed by atoms with Gasteiger partial charge in [-0.3, -0.25) is 4.21 Å². The van der Waals surface area contributed by atoms with Crippen molar-refractivity contribution in [2.24, 2.45) is 0 Å². The standard InChI is InChI=1S/C13H16N2OS2/c1-9-3-2-4-11-12(9)15(13(17)14-11)10-5-7-18(16)8-6-10/h2-4,10H,5-8H2,1H3,(H,14,17). The van der Waals surface area contributed by atoms with Gasteiger partial charge in [0.2, 0.25) is 0 Å². The predicted octanol–water partition coefficient (Wildman–Crippen LogP) is 3.09. The van der Waals surface area contributed by atoms with Gasteiger partial charge < -0.3 is 9.55 Å². The summed E-state index contributed by atoms with van der Waals surface area (Å²) in [5.74, 6) is 1.59. The molecule has 3 nitrogen and oxygen atoms in total. The minimum absolute atomic E-state index is 0.394. The molecule has 96 valence electrons. The predicted molar refractivity (Wildman–Crippen MR) is 78.0 cm³/mol. The van der Waals surface area contributed by atoms with E-state index in [0.29, 0.717) is 6.04 Å². The summed E-state index contributed by atoms with van der Waals surface area (Å²) in [4.78, 5) is 3.28. The molecule has 18 heavy (non-hydrogen) atoms. The minimum Gasteiger partial charge on any atom is -0.331 e. The van der Waals surface area contributed by atoms with Crippen molar-refractivity contribution in [3.8, 4) is 0 Å². The summed E-state index contributed by atoms with van der Waals surface area (Å²) in [6.45, 7) is 2.11. The molecular weight excluding hydrogens is 264 g/mol. The van der Waals surface area contributed by atoms with Crippen LogP contribution in [0, 0.1) is 11.7 Å². The SMILES string of the molecule is Cc1cccc2[nH]c(=S)n(C3CCS(=O)CC3)c12. The number of fused-ring (bicyclic) bond motifs is 1. The molecule has 0 unspecified atom stereocenters. The highest BCUT2D eigenvalue weighted by Gasteiger charge is 2.22. The van der Waals surface area contributed by atoms with E-state index in [0.717, 1.165) is 34.6 Å². The van der Waals surface area contributed by atoms with Gasteiger partial charge >= 0.3 is 0 Å². The molecule has 1 aliphatic heterocycles. The topological polar surface area (TPSA) is 37.8 Å². The Hall–Kier alpha value is -0.940. The smallest absolute Gasteiger partial charge is 0.178 e. The van der Waals surface area contributed by atoms with Gasteiger partial charge in [-0.15, -0.1) is 0 Å². The first-order chi connectivity index (χ1) is 8.66. The van der Waals surface area contributed by atoms with Crippen LogP contribution in [0.15, 0.2) is 18.2 Å². The van der Waals surface area contributed by atoms with E-state index < -0.39 is 10.8 Å². The maximum absolute atomic E-state index is 11.5. The van der Waals surface area contributed by atoms with Crippen LogP contribution in [0.25, 0.3) is 11.0 Å².